The lowest BCUT2D eigenvalue weighted by molar-refractivity contribution is -0.136. The Morgan fingerprint density at radius 2 is 1.89 bits per heavy atom. The van der Waals surface area contributed by atoms with Crippen molar-refractivity contribution in [2.75, 3.05) is 12.4 Å². The first-order valence-electron chi connectivity index (χ1n) is 8.02. The Labute approximate surface area is 165 Å². The summed E-state index contributed by atoms with van der Waals surface area (Å²) < 4.78 is 5.15. The number of hydrogen-bond donors (Lipinski definition) is 2. The minimum Gasteiger partial charge on any atom is -0.497 e. The third kappa shape index (κ3) is 4.67. The zero-order chi connectivity index (χ0) is 19.4. The van der Waals surface area contributed by atoms with Gasteiger partial charge in [-0.25, -0.2) is 0 Å². The van der Waals surface area contributed by atoms with E-state index >= 15 is 0 Å². The van der Waals surface area contributed by atoms with E-state index in [1.165, 1.54) is 11.3 Å². The number of carboxylic acid groups (broad SMARTS) is 1. The predicted octanol–water partition coefficient (Wildman–Crippen LogP) is 4.96. The molecule has 138 valence electrons. The van der Waals surface area contributed by atoms with Gasteiger partial charge in [-0.05, 0) is 41.5 Å². The van der Waals surface area contributed by atoms with Crippen molar-refractivity contribution in [3.8, 4) is 16.2 Å². The number of methoxy groups -OCH3 is 1. The number of hydrogen-bond acceptors (Lipinski definition) is 4. The van der Waals surface area contributed by atoms with Gasteiger partial charge in [0.05, 0.1) is 18.4 Å². The van der Waals surface area contributed by atoms with Crippen LogP contribution in [0.5, 0.6) is 5.75 Å². The Kier molecular flexibility index (Phi) is 5.78. The van der Waals surface area contributed by atoms with Crippen LogP contribution in [0.1, 0.15) is 15.2 Å². The van der Waals surface area contributed by atoms with Crippen LogP contribution in [-0.2, 0) is 11.2 Å². The first-order valence-corrected chi connectivity index (χ1v) is 9.21. The molecule has 2 N–H and O–H groups in total. The highest BCUT2D eigenvalue weighted by Crippen LogP contribution is 2.34. The topological polar surface area (TPSA) is 75.6 Å². The number of halogens is 1. The molecule has 0 radical (unpaired) electrons. The molecule has 5 nitrogen and oxygen atoms in total. The van der Waals surface area contributed by atoms with E-state index in [-0.39, 0.29) is 12.3 Å². The normalized spacial score (nSPS) is 10.4. The maximum Gasteiger partial charge on any atom is 0.307 e. The number of ether oxygens (including phenoxy) is 1. The van der Waals surface area contributed by atoms with Crippen molar-refractivity contribution < 1.29 is 19.4 Å². The van der Waals surface area contributed by atoms with Gasteiger partial charge in [0, 0.05) is 21.7 Å². The lowest BCUT2D eigenvalue weighted by Crippen LogP contribution is -2.10. The zero-order valence-corrected chi connectivity index (χ0v) is 15.9. The Balaban J connectivity index is 1.91. The molecule has 0 bridgehead atoms. The molecule has 0 aliphatic carbocycles. The molecule has 0 atom stereocenters. The molecule has 0 saturated heterocycles. The van der Waals surface area contributed by atoms with Crippen molar-refractivity contribution in [2.45, 2.75) is 6.42 Å². The Bertz CT molecular complexity index is 982. The number of aliphatic carboxylic acids is 1. The van der Waals surface area contributed by atoms with Gasteiger partial charge >= 0.3 is 5.97 Å². The van der Waals surface area contributed by atoms with Crippen LogP contribution >= 0.6 is 22.9 Å². The average Bonchev–Trinajstić information content (AvgIpc) is 3.05. The van der Waals surface area contributed by atoms with E-state index in [0.29, 0.717) is 26.9 Å². The van der Waals surface area contributed by atoms with Crippen molar-refractivity contribution >= 4 is 40.5 Å². The third-order valence-electron chi connectivity index (χ3n) is 3.81. The van der Waals surface area contributed by atoms with E-state index < -0.39 is 5.97 Å². The quantitative estimate of drug-likeness (QED) is 0.612. The van der Waals surface area contributed by atoms with Crippen LogP contribution in [0.25, 0.3) is 10.4 Å². The highest BCUT2D eigenvalue weighted by atomic mass is 35.5. The number of carbonyl (C=O) groups excluding carboxylic acids is 1. The summed E-state index contributed by atoms with van der Waals surface area (Å²) in [6, 6.07) is 15.7. The first kappa shape index (κ1) is 18.9. The molecule has 2 aromatic carbocycles. The maximum absolute atomic E-state index is 12.6. The number of amides is 1. The summed E-state index contributed by atoms with van der Waals surface area (Å²) in [4.78, 5) is 25.0. The molecule has 0 aliphatic heterocycles. The maximum atomic E-state index is 12.6. The molecule has 3 aromatic rings. The molecule has 1 amide bonds. The second-order valence-electron chi connectivity index (χ2n) is 5.73. The zero-order valence-electron chi connectivity index (χ0n) is 14.4. The van der Waals surface area contributed by atoms with Gasteiger partial charge < -0.3 is 15.2 Å². The second kappa shape index (κ2) is 8.24. The number of anilines is 1. The largest absolute Gasteiger partial charge is 0.497 e. The Morgan fingerprint density at radius 1 is 1.15 bits per heavy atom. The SMILES string of the molecule is COc1cccc(NC(=O)c2cc(CC(=O)O)c(-c3ccc(Cl)cc3)s2)c1. The van der Waals surface area contributed by atoms with Gasteiger partial charge in [0.1, 0.15) is 5.75 Å². The van der Waals surface area contributed by atoms with E-state index in [1.807, 2.05) is 12.1 Å². The number of thiophene rings is 1. The standard InChI is InChI=1S/C20H16ClNO4S/c1-26-16-4-2-3-15(11-16)22-20(25)17-9-13(10-18(23)24)19(27-17)12-5-7-14(21)8-6-12/h2-9,11H,10H2,1H3,(H,22,25)(H,23,24). The van der Waals surface area contributed by atoms with E-state index in [1.54, 1.807) is 49.6 Å². The molecule has 3 rings (SSSR count). The van der Waals surface area contributed by atoms with Gasteiger partial charge in [-0.15, -0.1) is 11.3 Å². The van der Waals surface area contributed by atoms with Gasteiger partial charge in [-0.2, -0.15) is 0 Å². The van der Waals surface area contributed by atoms with Gasteiger partial charge in [-0.1, -0.05) is 29.8 Å². The van der Waals surface area contributed by atoms with Crippen molar-refractivity contribution in [3.63, 3.8) is 0 Å². The Hall–Kier alpha value is -2.83. The smallest absolute Gasteiger partial charge is 0.307 e. The van der Waals surface area contributed by atoms with E-state index in [0.717, 1.165) is 10.4 Å². The highest BCUT2D eigenvalue weighted by Gasteiger charge is 2.18. The van der Waals surface area contributed by atoms with Gasteiger partial charge in [-0.3, -0.25) is 9.59 Å². The van der Waals surface area contributed by atoms with Crippen LogP contribution in [0.15, 0.2) is 54.6 Å². The fourth-order valence-electron chi connectivity index (χ4n) is 2.57. The molecule has 27 heavy (non-hydrogen) atoms. The number of carboxylic acids is 1. The summed E-state index contributed by atoms with van der Waals surface area (Å²) >= 11 is 7.18. The van der Waals surface area contributed by atoms with Crippen LogP contribution in [-0.4, -0.2) is 24.1 Å². The van der Waals surface area contributed by atoms with Crippen LogP contribution in [0.2, 0.25) is 5.02 Å². The summed E-state index contributed by atoms with van der Waals surface area (Å²) in [6.07, 6.45) is -0.166. The highest BCUT2D eigenvalue weighted by molar-refractivity contribution is 7.17. The number of carbonyl (C=O) groups is 2. The molecule has 0 fully saturated rings. The second-order valence-corrected chi connectivity index (χ2v) is 7.22. The van der Waals surface area contributed by atoms with Crippen molar-refractivity contribution in [1.29, 1.82) is 0 Å². The number of nitrogens with one attached hydrogen (secondary N) is 1. The van der Waals surface area contributed by atoms with E-state index in [4.69, 9.17) is 16.3 Å². The molecule has 7 heteroatoms. The molecule has 1 aromatic heterocycles. The van der Waals surface area contributed by atoms with Crippen LogP contribution < -0.4 is 10.1 Å². The van der Waals surface area contributed by atoms with Gasteiger partial charge in [0.25, 0.3) is 5.91 Å². The molecular formula is C20H16ClNO4S. The lowest BCUT2D eigenvalue weighted by atomic mass is 10.1. The molecule has 0 unspecified atom stereocenters. The molecule has 0 spiro atoms. The van der Waals surface area contributed by atoms with Gasteiger partial charge in [0.15, 0.2) is 0 Å². The number of benzene rings is 2. The fourth-order valence-corrected chi connectivity index (χ4v) is 3.78. The minimum atomic E-state index is -0.956. The van der Waals surface area contributed by atoms with Crippen molar-refractivity contribution in [2.24, 2.45) is 0 Å². The monoisotopic (exact) mass is 401 g/mol. The molecule has 1 heterocycles. The van der Waals surface area contributed by atoms with Crippen molar-refractivity contribution in [3.05, 3.63) is 70.1 Å². The first-order chi connectivity index (χ1) is 13.0. The molecule has 0 aliphatic rings. The summed E-state index contributed by atoms with van der Waals surface area (Å²) in [7, 11) is 1.55. The Morgan fingerprint density at radius 3 is 2.56 bits per heavy atom. The summed E-state index contributed by atoms with van der Waals surface area (Å²) in [5.74, 6) is -0.629. The fraction of sp³-hybridized carbons (Fsp3) is 0.100. The van der Waals surface area contributed by atoms with Crippen molar-refractivity contribution in [1.82, 2.24) is 0 Å². The van der Waals surface area contributed by atoms with E-state index in [2.05, 4.69) is 5.32 Å². The lowest BCUT2D eigenvalue weighted by Gasteiger charge is -2.05. The summed E-state index contributed by atoms with van der Waals surface area (Å²) in [5.41, 5.74) is 2.01. The average molecular weight is 402 g/mol. The van der Waals surface area contributed by atoms with Crippen LogP contribution in [0.3, 0.4) is 0 Å². The number of rotatable bonds is 6. The van der Waals surface area contributed by atoms with Crippen LogP contribution in [0.4, 0.5) is 5.69 Å². The summed E-state index contributed by atoms with van der Waals surface area (Å²) in [6.45, 7) is 0. The van der Waals surface area contributed by atoms with Gasteiger partial charge in [0.2, 0.25) is 0 Å². The van der Waals surface area contributed by atoms with E-state index in [9.17, 15) is 14.7 Å². The minimum absolute atomic E-state index is 0.166. The molecule has 0 saturated carbocycles. The molecular weight excluding hydrogens is 386 g/mol. The van der Waals surface area contributed by atoms with Crippen LogP contribution in [0, 0.1) is 0 Å². The third-order valence-corrected chi connectivity index (χ3v) is 5.29. The predicted molar refractivity (Wildman–Crippen MR) is 107 cm³/mol. The summed E-state index contributed by atoms with van der Waals surface area (Å²) in [5, 5.41) is 12.6.